The zero-order valence-corrected chi connectivity index (χ0v) is 9.39. The molecule has 0 radical (unpaired) electrons. The predicted octanol–water partition coefficient (Wildman–Crippen LogP) is 0.912. The fourth-order valence-corrected chi connectivity index (χ4v) is 2.14. The molecule has 1 aromatic rings. The van der Waals surface area contributed by atoms with E-state index < -0.39 is 5.60 Å². The Labute approximate surface area is 94.9 Å². The summed E-state index contributed by atoms with van der Waals surface area (Å²) < 4.78 is 0. The minimum absolute atomic E-state index is 0.0804. The molecule has 2 heterocycles. The first kappa shape index (κ1) is 11.1. The van der Waals surface area contributed by atoms with Gasteiger partial charge in [0.2, 0.25) is 5.91 Å². The summed E-state index contributed by atoms with van der Waals surface area (Å²) in [7, 11) is 0. The molecule has 1 aliphatic rings. The SMILES string of the molecule is CC(=O)N1CCC(O)(c2ccncc2)CC1. The van der Waals surface area contributed by atoms with E-state index in [1.165, 1.54) is 0 Å². The van der Waals surface area contributed by atoms with Gasteiger partial charge in [-0.3, -0.25) is 9.78 Å². The van der Waals surface area contributed by atoms with Crippen molar-refractivity contribution in [3.63, 3.8) is 0 Å². The lowest BCUT2D eigenvalue weighted by molar-refractivity contribution is -0.133. The minimum Gasteiger partial charge on any atom is -0.385 e. The number of carbonyl (C=O) groups is 1. The van der Waals surface area contributed by atoms with E-state index in [4.69, 9.17) is 0 Å². The molecule has 0 atom stereocenters. The van der Waals surface area contributed by atoms with Gasteiger partial charge in [-0.2, -0.15) is 0 Å². The van der Waals surface area contributed by atoms with Crippen molar-refractivity contribution in [1.82, 2.24) is 9.88 Å². The van der Waals surface area contributed by atoms with Crippen LogP contribution in [0.5, 0.6) is 0 Å². The number of piperidine rings is 1. The van der Waals surface area contributed by atoms with Gasteiger partial charge in [0.15, 0.2) is 0 Å². The molecule has 0 spiro atoms. The molecule has 1 saturated heterocycles. The first-order chi connectivity index (χ1) is 7.62. The molecule has 1 fully saturated rings. The molecule has 0 saturated carbocycles. The predicted molar refractivity (Wildman–Crippen MR) is 59.6 cm³/mol. The second-order valence-corrected chi connectivity index (χ2v) is 4.27. The molecule has 86 valence electrons. The molecular formula is C12H16N2O2. The van der Waals surface area contributed by atoms with Crippen LogP contribution in [0.15, 0.2) is 24.5 Å². The highest BCUT2D eigenvalue weighted by atomic mass is 16.3. The molecule has 16 heavy (non-hydrogen) atoms. The minimum atomic E-state index is -0.797. The number of hydrogen-bond acceptors (Lipinski definition) is 3. The van der Waals surface area contributed by atoms with Crippen molar-refractivity contribution in [3.8, 4) is 0 Å². The first-order valence-corrected chi connectivity index (χ1v) is 5.50. The van der Waals surface area contributed by atoms with Gasteiger partial charge in [-0.1, -0.05) is 0 Å². The van der Waals surface area contributed by atoms with Gasteiger partial charge in [-0.05, 0) is 30.5 Å². The van der Waals surface area contributed by atoms with Gasteiger partial charge in [0.1, 0.15) is 0 Å². The fraction of sp³-hybridized carbons (Fsp3) is 0.500. The smallest absolute Gasteiger partial charge is 0.219 e. The van der Waals surface area contributed by atoms with Crippen LogP contribution in [-0.2, 0) is 10.4 Å². The summed E-state index contributed by atoms with van der Waals surface area (Å²) in [4.78, 5) is 16.9. The van der Waals surface area contributed by atoms with E-state index in [0.29, 0.717) is 25.9 Å². The number of nitrogens with zero attached hydrogens (tertiary/aromatic N) is 2. The van der Waals surface area contributed by atoms with E-state index >= 15 is 0 Å². The van der Waals surface area contributed by atoms with Crippen LogP contribution in [0.25, 0.3) is 0 Å². The standard InChI is InChI=1S/C12H16N2O2/c1-10(15)14-8-4-12(16,5-9-14)11-2-6-13-7-3-11/h2-3,6-7,16H,4-5,8-9H2,1H3. The third-order valence-electron chi connectivity index (χ3n) is 3.25. The lowest BCUT2D eigenvalue weighted by Gasteiger charge is -2.38. The number of rotatable bonds is 1. The highest BCUT2D eigenvalue weighted by Gasteiger charge is 2.34. The maximum absolute atomic E-state index is 11.2. The molecule has 1 aromatic heterocycles. The molecule has 1 N–H and O–H groups in total. The Balaban J connectivity index is 2.10. The Kier molecular flexibility index (Phi) is 2.92. The van der Waals surface area contributed by atoms with Crippen molar-refractivity contribution >= 4 is 5.91 Å². The largest absolute Gasteiger partial charge is 0.385 e. The molecule has 1 aliphatic heterocycles. The lowest BCUT2D eigenvalue weighted by Crippen LogP contribution is -2.44. The highest BCUT2D eigenvalue weighted by Crippen LogP contribution is 2.32. The maximum Gasteiger partial charge on any atom is 0.219 e. The molecule has 4 heteroatoms. The van der Waals surface area contributed by atoms with Crippen LogP contribution in [-0.4, -0.2) is 34.0 Å². The van der Waals surface area contributed by atoms with Gasteiger partial charge in [-0.15, -0.1) is 0 Å². The van der Waals surface area contributed by atoms with E-state index in [-0.39, 0.29) is 5.91 Å². The average Bonchev–Trinajstić information content (AvgIpc) is 2.31. The number of aromatic nitrogens is 1. The van der Waals surface area contributed by atoms with E-state index in [9.17, 15) is 9.90 Å². The van der Waals surface area contributed by atoms with Crippen molar-refractivity contribution in [2.45, 2.75) is 25.4 Å². The third-order valence-corrected chi connectivity index (χ3v) is 3.25. The zero-order valence-electron chi connectivity index (χ0n) is 9.39. The van der Waals surface area contributed by atoms with Crippen LogP contribution >= 0.6 is 0 Å². The summed E-state index contributed by atoms with van der Waals surface area (Å²) in [6.07, 6.45) is 4.56. The van der Waals surface area contributed by atoms with Crippen LogP contribution in [0.2, 0.25) is 0 Å². The van der Waals surface area contributed by atoms with Crippen LogP contribution in [0.3, 0.4) is 0 Å². The van der Waals surface area contributed by atoms with Gasteiger partial charge < -0.3 is 10.0 Å². The van der Waals surface area contributed by atoms with E-state index in [1.54, 1.807) is 24.2 Å². The monoisotopic (exact) mass is 220 g/mol. The summed E-state index contributed by atoms with van der Waals surface area (Å²) in [5.74, 6) is 0.0804. The number of pyridine rings is 1. The Bertz CT molecular complexity index is 370. The molecule has 0 aliphatic carbocycles. The number of likely N-dealkylation sites (tertiary alicyclic amines) is 1. The van der Waals surface area contributed by atoms with Crippen molar-refractivity contribution < 1.29 is 9.90 Å². The number of amides is 1. The Morgan fingerprint density at radius 1 is 1.38 bits per heavy atom. The molecule has 0 bridgehead atoms. The maximum atomic E-state index is 11.2. The Morgan fingerprint density at radius 3 is 2.44 bits per heavy atom. The lowest BCUT2D eigenvalue weighted by atomic mass is 9.85. The van der Waals surface area contributed by atoms with E-state index in [1.807, 2.05) is 12.1 Å². The summed E-state index contributed by atoms with van der Waals surface area (Å²) >= 11 is 0. The van der Waals surface area contributed by atoms with Gasteiger partial charge >= 0.3 is 0 Å². The zero-order chi connectivity index (χ0) is 11.6. The van der Waals surface area contributed by atoms with E-state index in [2.05, 4.69) is 4.98 Å². The van der Waals surface area contributed by atoms with Crippen LogP contribution in [0.4, 0.5) is 0 Å². The third kappa shape index (κ3) is 2.07. The summed E-state index contributed by atoms with van der Waals surface area (Å²) in [5, 5.41) is 10.5. The van der Waals surface area contributed by atoms with Gasteiger partial charge in [0.05, 0.1) is 5.60 Å². The number of hydrogen-bond donors (Lipinski definition) is 1. The quantitative estimate of drug-likeness (QED) is 0.765. The first-order valence-electron chi connectivity index (χ1n) is 5.50. The Hall–Kier alpha value is -1.42. The van der Waals surface area contributed by atoms with Crippen LogP contribution < -0.4 is 0 Å². The second kappa shape index (κ2) is 4.22. The summed E-state index contributed by atoms with van der Waals surface area (Å²) in [5.41, 5.74) is 0.0974. The molecule has 4 nitrogen and oxygen atoms in total. The average molecular weight is 220 g/mol. The molecule has 2 rings (SSSR count). The van der Waals surface area contributed by atoms with Gasteiger partial charge in [0, 0.05) is 32.4 Å². The van der Waals surface area contributed by atoms with E-state index in [0.717, 1.165) is 5.56 Å². The topological polar surface area (TPSA) is 53.4 Å². The number of aliphatic hydroxyl groups is 1. The Morgan fingerprint density at radius 2 is 1.94 bits per heavy atom. The van der Waals surface area contributed by atoms with Crippen molar-refractivity contribution in [2.75, 3.05) is 13.1 Å². The summed E-state index contributed by atoms with van der Waals surface area (Å²) in [6, 6.07) is 3.67. The van der Waals surface area contributed by atoms with Gasteiger partial charge in [0.25, 0.3) is 0 Å². The van der Waals surface area contributed by atoms with Crippen LogP contribution in [0, 0.1) is 0 Å². The van der Waals surface area contributed by atoms with Crippen molar-refractivity contribution in [2.24, 2.45) is 0 Å². The fourth-order valence-electron chi connectivity index (χ4n) is 2.14. The molecule has 1 amide bonds. The van der Waals surface area contributed by atoms with Gasteiger partial charge in [-0.25, -0.2) is 0 Å². The summed E-state index contributed by atoms with van der Waals surface area (Å²) in [6.45, 7) is 2.80. The molecule has 0 aromatic carbocycles. The highest BCUT2D eigenvalue weighted by molar-refractivity contribution is 5.73. The van der Waals surface area contributed by atoms with Crippen molar-refractivity contribution in [1.29, 1.82) is 0 Å². The number of carbonyl (C=O) groups excluding carboxylic acids is 1. The van der Waals surface area contributed by atoms with Crippen molar-refractivity contribution in [3.05, 3.63) is 30.1 Å². The van der Waals surface area contributed by atoms with Crippen LogP contribution in [0.1, 0.15) is 25.3 Å². The second-order valence-electron chi connectivity index (χ2n) is 4.27. The normalized spacial score (nSPS) is 19.5. The molecular weight excluding hydrogens is 204 g/mol. The molecule has 0 unspecified atom stereocenters.